The van der Waals surface area contributed by atoms with Gasteiger partial charge in [0.2, 0.25) is 6.79 Å². The number of methoxy groups -OCH3 is 2. The minimum atomic E-state index is -0.314. The minimum Gasteiger partial charge on any atom is -0.497 e. The number of thiocarbonyl (C=S) groups is 1. The predicted octanol–water partition coefficient (Wildman–Crippen LogP) is 3.06. The molecule has 2 amide bonds. The zero-order valence-corrected chi connectivity index (χ0v) is 19.0. The Hall–Kier alpha value is -3.24. The molecule has 2 aliphatic heterocycles. The summed E-state index contributed by atoms with van der Waals surface area (Å²) in [5.41, 5.74) is 1.19. The van der Waals surface area contributed by atoms with Gasteiger partial charge in [0.25, 0.3) is 11.8 Å². The molecule has 2 heterocycles. The summed E-state index contributed by atoms with van der Waals surface area (Å²) < 4.78 is 21.5. The molecule has 0 spiro atoms. The van der Waals surface area contributed by atoms with Crippen LogP contribution in [0.3, 0.4) is 0 Å². The van der Waals surface area contributed by atoms with Crippen LogP contribution in [0, 0.1) is 0 Å². The summed E-state index contributed by atoms with van der Waals surface area (Å²) in [6.07, 6.45) is 1.77. The van der Waals surface area contributed by atoms with Gasteiger partial charge in [0.05, 0.1) is 24.7 Å². The van der Waals surface area contributed by atoms with Gasteiger partial charge in [0.15, 0.2) is 11.5 Å². The second-order valence-corrected chi connectivity index (χ2v) is 8.44. The molecule has 0 saturated carbocycles. The number of ether oxygens (including phenoxy) is 4. The van der Waals surface area contributed by atoms with Gasteiger partial charge in [0.1, 0.15) is 15.8 Å². The number of fused-ring (bicyclic) bond motifs is 1. The van der Waals surface area contributed by atoms with Crippen molar-refractivity contribution in [2.75, 3.05) is 34.1 Å². The molecule has 166 valence electrons. The molecule has 0 aliphatic carbocycles. The largest absolute Gasteiger partial charge is 0.497 e. The van der Waals surface area contributed by atoms with Gasteiger partial charge in [-0.3, -0.25) is 14.5 Å². The highest BCUT2D eigenvalue weighted by atomic mass is 32.2. The number of nitrogens with zero attached hydrogens (tertiary/aromatic N) is 1. The SMILES string of the molecule is COc1ccc(C(=O)NCCN2C(=O)/C(=C/c3ccc4c(c3)OCO4)SC2=S)c(OC)c1. The van der Waals surface area contributed by atoms with E-state index in [-0.39, 0.29) is 31.7 Å². The van der Waals surface area contributed by atoms with Gasteiger partial charge >= 0.3 is 0 Å². The Kier molecular flexibility index (Phi) is 6.52. The molecule has 0 aromatic heterocycles. The summed E-state index contributed by atoms with van der Waals surface area (Å²) in [6, 6.07) is 10.4. The Bertz CT molecular complexity index is 1120. The summed E-state index contributed by atoms with van der Waals surface area (Å²) in [4.78, 5) is 27.4. The molecule has 0 bridgehead atoms. The van der Waals surface area contributed by atoms with E-state index < -0.39 is 0 Å². The van der Waals surface area contributed by atoms with Crippen LogP contribution >= 0.6 is 24.0 Å². The lowest BCUT2D eigenvalue weighted by Gasteiger charge is -2.15. The Morgan fingerprint density at radius 1 is 1.19 bits per heavy atom. The van der Waals surface area contributed by atoms with Crippen LogP contribution in [0.5, 0.6) is 23.0 Å². The number of amides is 2. The number of hydrogen-bond acceptors (Lipinski definition) is 8. The van der Waals surface area contributed by atoms with Gasteiger partial charge in [-0.1, -0.05) is 30.0 Å². The molecule has 2 aromatic carbocycles. The van der Waals surface area contributed by atoms with Crippen molar-refractivity contribution in [2.45, 2.75) is 0 Å². The van der Waals surface area contributed by atoms with Crippen LogP contribution in [0.4, 0.5) is 0 Å². The van der Waals surface area contributed by atoms with Crippen molar-refractivity contribution in [3.8, 4) is 23.0 Å². The van der Waals surface area contributed by atoms with Gasteiger partial charge in [-0.2, -0.15) is 0 Å². The first-order chi connectivity index (χ1) is 15.5. The highest BCUT2D eigenvalue weighted by molar-refractivity contribution is 8.26. The number of carbonyl (C=O) groups excluding carboxylic acids is 2. The molecule has 4 rings (SSSR count). The highest BCUT2D eigenvalue weighted by Crippen LogP contribution is 2.36. The van der Waals surface area contributed by atoms with Crippen LogP contribution in [0.25, 0.3) is 6.08 Å². The van der Waals surface area contributed by atoms with E-state index in [9.17, 15) is 9.59 Å². The Labute approximate surface area is 194 Å². The summed E-state index contributed by atoms with van der Waals surface area (Å²) in [5.74, 6) is 1.80. The van der Waals surface area contributed by atoms with E-state index in [2.05, 4.69) is 5.32 Å². The molecule has 1 fully saturated rings. The third kappa shape index (κ3) is 4.51. The molecular weight excluding hydrogens is 452 g/mol. The summed E-state index contributed by atoms with van der Waals surface area (Å²) in [6.45, 7) is 0.681. The fraction of sp³-hybridized carbons (Fsp3) is 0.227. The van der Waals surface area contributed by atoms with E-state index in [4.69, 9.17) is 31.2 Å². The smallest absolute Gasteiger partial charge is 0.266 e. The van der Waals surface area contributed by atoms with Crippen molar-refractivity contribution < 1.29 is 28.5 Å². The number of rotatable bonds is 7. The second kappa shape index (κ2) is 9.49. The molecule has 32 heavy (non-hydrogen) atoms. The van der Waals surface area contributed by atoms with E-state index in [1.165, 1.54) is 30.9 Å². The zero-order chi connectivity index (χ0) is 22.7. The van der Waals surface area contributed by atoms with Crippen LogP contribution in [0.1, 0.15) is 15.9 Å². The topological polar surface area (TPSA) is 86.3 Å². The maximum atomic E-state index is 12.8. The molecule has 10 heteroatoms. The van der Waals surface area contributed by atoms with Crippen molar-refractivity contribution >= 4 is 46.2 Å². The van der Waals surface area contributed by atoms with Crippen LogP contribution in [0.2, 0.25) is 0 Å². The van der Waals surface area contributed by atoms with Crippen LogP contribution < -0.4 is 24.3 Å². The molecular formula is C22H20N2O6S2. The lowest BCUT2D eigenvalue weighted by atomic mass is 10.1. The second-order valence-electron chi connectivity index (χ2n) is 6.77. The van der Waals surface area contributed by atoms with Gasteiger partial charge < -0.3 is 24.3 Å². The first kappa shape index (κ1) is 22.0. The van der Waals surface area contributed by atoms with Gasteiger partial charge in [-0.15, -0.1) is 0 Å². The zero-order valence-electron chi connectivity index (χ0n) is 17.4. The number of benzene rings is 2. The molecule has 2 aromatic rings. The Morgan fingerprint density at radius 3 is 2.78 bits per heavy atom. The lowest BCUT2D eigenvalue weighted by molar-refractivity contribution is -0.122. The van der Waals surface area contributed by atoms with E-state index in [0.717, 1.165) is 5.56 Å². The number of nitrogens with one attached hydrogen (secondary N) is 1. The van der Waals surface area contributed by atoms with Crippen LogP contribution in [0.15, 0.2) is 41.3 Å². The van der Waals surface area contributed by atoms with Crippen LogP contribution in [-0.4, -0.2) is 55.1 Å². The minimum absolute atomic E-state index is 0.190. The van der Waals surface area contributed by atoms with Crippen molar-refractivity contribution in [3.63, 3.8) is 0 Å². The van der Waals surface area contributed by atoms with E-state index in [1.54, 1.807) is 30.3 Å². The van der Waals surface area contributed by atoms with E-state index in [1.807, 2.05) is 12.1 Å². The Balaban J connectivity index is 1.37. The van der Waals surface area contributed by atoms with Crippen molar-refractivity contribution in [1.29, 1.82) is 0 Å². The standard InChI is InChI=1S/C22H20N2O6S2/c1-27-14-4-5-15(17(11-14)28-2)20(25)23-7-8-24-21(26)19(32-22(24)31)10-13-3-6-16-18(9-13)30-12-29-16/h3-6,9-11H,7-8,12H2,1-2H3,(H,23,25)/b19-10-. The average Bonchev–Trinajstić information content (AvgIpc) is 3.37. The number of carbonyl (C=O) groups is 2. The fourth-order valence-electron chi connectivity index (χ4n) is 3.21. The molecule has 1 N–H and O–H groups in total. The molecule has 1 saturated heterocycles. The molecule has 8 nitrogen and oxygen atoms in total. The molecule has 0 unspecified atom stereocenters. The number of hydrogen-bond donors (Lipinski definition) is 1. The molecule has 2 aliphatic rings. The summed E-state index contributed by atoms with van der Waals surface area (Å²) in [7, 11) is 3.02. The monoisotopic (exact) mass is 472 g/mol. The van der Waals surface area contributed by atoms with E-state index in [0.29, 0.717) is 37.8 Å². The van der Waals surface area contributed by atoms with Gasteiger partial charge in [-0.05, 0) is 35.9 Å². The summed E-state index contributed by atoms with van der Waals surface area (Å²) >= 11 is 6.59. The Morgan fingerprint density at radius 2 is 2.00 bits per heavy atom. The average molecular weight is 473 g/mol. The maximum Gasteiger partial charge on any atom is 0.266 e. The maximum absolute atomic E-state index is 12.8. The highest BCUT2D eigenvalue weighted by Gasteiger charge is 2.32. The molecule has 0 radical (unpaired) electrons. The third-order valence-corrected chi connectivity index (χ3v) is 6.22. The molecule has 0 atom stereocenters. The van der Waals surface area contributed by atoms with Crippen LogP contribution in [-0.2, 0) is 4.79 Å². The van der Waals surface area contributed by atoms with Gasteiger partial charge in [0, 0.05) is 19.2 Å². The van der Waals surface area contributed by atoms with Crippen molar-refractivity contribution in [2.24, 2.45) is 0 Å². The van der Waals surface area contributed by atoms with Gasteiger partial charge in [-0.25, -0.2) is 0 Å². The predicted molar refractivity (Wildman–Crippen MR) is 124 cm³/mol. The fourth-order valence-corrected chi connectivity index (χ4v) is 4.52. The summed E-state index contributed by atoms with van der Waals surface area (Å²) in [5, 5.41) is 2.80. The first-order valence-electron chi connectivity index (χ1n) is 9.65. The van der Waals surface area contributed by atoms with Crippen molar-refractivity contribution in [1.82, 2.24) is 10.2 Å². The van der Waals surface area contributed by atoms with E-state index >= 15 is 0 Å². The van der Waals surface area contributed by atoms with Crippen molar-refractivity contribution in [3.05, 3.63) is 52.4 Å². The lowest BCUT2D eigenvalue weighted by Crippen LogP contribution is -2.37. The normalized spacial score (nSPS) is 15.9. The number of thioether (sulfide) groups is 1. The quantitative estimate of drug-likeness (QED) is 0.486. The first-order valence-corrected chi connectivity index (χ1v) is 10.9. The third-order valence-electron chi connectivity index (χ3n) is 4.84.